The molecular weight excluding hydrogens is 470 g/mol. The maximum Gasteiger partial charge on any atom is 0.269 e. The molecule has 0 unspecified atom stereocenters. The number of nitrogens with zero attached hydrogens (tertiary/aromatic N) is 4. The topological polar surface area (TPSA) is 128 Å². The van der Waals surface area contributed by atoms with Crippen molar-refractivity contribution in [2.75, 3.05) is 35.9 Å². The number of non-ortho nitro benzene ring substituents is 1. The molecule has 2 heterocycles. The highest BCUT2D eigenvalue weighted by atomic mass is 32.2. The van der Waals surface area contributed by atoms with Gasteiger partial charge in [0.15, 0.2) is 0 Å². The van der Waals surface area contributed by atoms with Crippen molar-refractivity contribution in [3.05, 3.63) is 87.4 Å². The average molecular weight is 494 g/mol. The molecule has 1 N–H and O–H groups in total. The maximum atomic E-state index is 12.6. The lowest BCUT2D eigenvalue weighted by Crippen LogP contribution is -2.37. The first kappa shape index (κ1) is 22.9. The summed E-state index contributed by atoms with van der Waals surface area (Å²) >= 11 is 0. The molecule has 10 nitrogen and oxygen atoms in total. The molecule has 0 amide bonds. The first-order chi connectivity index (χ1) is 16.9. The maximum absolute atomic E-state index is 12.6. The Morgan fingerprint density at radius 2 is 1.74 bits per heavy atom. The van der Waals surface area contributed by atoms with E-state index in [1.165, 1.54) is 24.3 Å². The van der Waals surface area contributed by atoms with Gasteiger partial charge in [-0.1, -0.05) is 24.3 Å². The van der Waals surface area contributed by atoms with Gasteiger partial charge in [0, 0.05) is 42.9 Å². The predicted octanol–water partition coefficient (Wildman–Crippen LogP) is 3.26. The fourth-order valence-corrected chi connectivity index (χ4v) is 5.43. The van der Waals surface area contributed by atoms with Crippen LogP contribution in [0.5, 0.6) is 0 Å². The van der Waals surface area contributed by atoms with Crippen LogP contribution < -0.4 is 9.62 Å². The highest BCUT2D eigenvalue weighted by Gasteiger charge is 2.23. The smallest absolute Gasteiger partial charge is 0.269 e. The number of nitro benzene ring substituents is 1. The molecule has 1 fully saturated rings. The number of nitro groups is 1. The van der Waals surface area contributed by atoms with Gasteiger partial charge in [-0.3, -0.25) is 14.8 Å². The highest BCUT2D eigenvalue weighted by molar-refractivity contribution is 7.91. The SMILES string of the molecule is O=[N+]([O-])c1ccc(CS(=O)(=O)Nc2ccc(C3=Cc4c(ncnc4N4CCOCC4)C3)cc2)cc1. The number of fused-ring (bicyclic) bond motifs is 1. The van der Waals surface area contributed by atoms with E-state index in [2.05, 4.69) is 25.7 Å². The van der Waals surface area contributed by atoms with Crippen molar-refractivity contribution in [2.45, 2.75) is 12.2 Å². The first-order valence-electron chi connectivity index (χ1n) is 11.1. The van der Waals surface area contributed by atoms with E-state index in [1.54, 1.807) is 18.5 Å². The number of anilines is 2. The standard InChI is InChI=1S/C24H23N5O5S/c30-29(31)21-7-1-17(2-8-21)15-35(32,33)27-20-5-3-18(4-6-20)19-13-22-23(14-19)25-16-26-24(22)28-9-11-34-12-10-28/h1-8,13,16,27H,9-12,14-15H2. The van der Waals surface area contributed by atoms with Crippen LogP contribution in [0.1, 0.15) is 22.4 Å². The van der Waals surface area contributed by atoms with Gasteiger partial charge in [-0.15, -0.1) is 0 Å². The third-order valence-corrected chi connectivity index (χ3v) is 7.23. The number of aromatic nitrogens is 2. The fourth-order valence-electron chi connectivity index (χ4n) is 4.23. The average Bonchev–Trinajstić information content (AvgIpc) is 3.29. The van der Waals surface area contributed by atoms with Gasteiger partial charge >= 0.3 is 0 Å². The van der Waals surface area contributed by atoms with E-state index in [1.807, 2.05) is 12.1 Å². The number of morpholine rings is 1. The van der Waals surface area contributed by atoms with Crippen LogP contribution in [0.4, 0.5) is 17.2 Å². The number of ether oxygens (including phenoxy) is 1. The zero-order valence-corrected chi connectivity index (χ0v) is 19.6. The number of hydrogen-bond acceptors (Lipinski definition) is 8. The van der Waals surface area contributed by atoms with Gasteiger partial charge in [-0.2, -0.15) is 0 Å². The number of hydrogen-bond donors (Lipinski definition) is 1. The van der Waals surface area contributed by atoms with Gasteiger partial charge < -0.3 is 9.64 Å². The summed E-state index contributed by atoms with van der Waals surface area (Å²) < 4.78 is 33.2. The molecule has 0 bridgehead atoms. The molecule has 0 atom stereocenters. The Bertz CT molecular complexity index is 1380. The van der Waals surface area contributed by atoms with E-state index in [4.69, 9.17) is 4.74 Å². The van der Waals surface area contributed by atoms with Gasteiger partial charge in [0.05, 0.1) is 29.6 Å². The fraction of sp³-hybridized carbons (Fsp3) is 0.250. The Kier molecular flexibility index (Phi) is 6.18. The Morgan fingerprint density at radius 3 is 2.43 bits per heavy atom. The van der Waals surface area contributed by atoms with Gasteiger partial charge in [0.1, 0.15) is 12.1 Å². The molecule has 1 aromatic heterocycles. The molecule has 3 aromatic rings. The van der Waals surface area contributed by atoms with Gasteiger partial charge in [-0.05, 0) is 34.9 Å². The predicted molar refractivity (Wildman–Crippen MR) is 132 cm³/mol. The summed E-state index contributed by atoms with van der Waals surface area (Å²) in [6, 6.07) is 12.7. The summed E-state index contributed by atoms with van der Waals surface area (Å²) in [5.74, 6) is 0.639. The summed E-state index contributed by atoms with van der Waals surface area (Å²) in [4.78, 5) is 21.4. The Balaban J connectivity index is 1.28. The van der Waals surface area contributed by atoms with E-state index < -0.39 is 14.9 Å². The summed E-state index contributed by atoms with van der Waals surface area (Å²) in [5, 5.41) is 10.8. The summed E-state index contributed by atoms with van der Waals surface area (Å²) in [6.45, 7) is 2.94. The largest absolute Gasteiger partial charge is 0.378 e. The van der Waals surface area contributed by atoms with Crippen molar-refractivity contribution in [3.63, 3.8) is 0 Å². The second kappa shape index (κ2) is 9.43. The number of nitrogens with one attached hydrogen (secondary N) is 1. The monoisotopic (exact) mass is 493 g/mol. The minimum atomic E-state index is -3.68. The van der Waals surface area contributed by atoms with Crippen LogP contribution in [0.25, 0.3) is 11.6 Å². The van der Waals surface area contributed by atoms with Gasteiger partial charge in [0.25, 0.3) is 5.69 Å². The summed E-state index contributed by atoms with van der Waals surface area (Å²) in [6.07, 6.45) is 4.39. The number of allylic oxidation sites excluding steroid dienone is 1. The molecular formula is C24H23N5O5S. The van der Waals surface area contributed by atoms with Crippen LogP contribution in [-0.2, 0) is 26.9 Å². The zero-order valence-electron chi connectivity index (χ0n) is 18.8. The molecule has 2 aromatic carbocycles. The van der Waals surface area contributed by atoms with E-state index in [-0.39, 0.29) is 11.4 Å². The lowest BCUT2D eigenvalue weighted by atomic mass is 10.0. The molecule has 180 valence electrons. The molecule has 0 radical (unpaired) electrons. The number of sulfonamides is 1. The quantitative estimate of drug-likeness (QED) is 0.392. The highest BCUT2D eigenvalue weighted by Crippen LogP contribution is 2.35. The molecule has 11 heteroatoms. The van der Waals surface area contributed by atoms with Gasteiger partial charge in [0.2, 0.25) is 10.0 Å². The Morgan fingerprint density at radius 1 is 1.03 bits per heavy atom. The van der Waals surface area contributed by atoms with Crippen molar-refractivity contribution in [2.24, 2.45) is 0 Å². The van der Waals surface area contributed by atoms with Crippen LogP contribution in [0.3, 0.4) is 0 Å². The molecule has 0 spiro atoms. The second-order valence-electron chi connectivity index (χ2n) is 8.37. The van der Waals surface area contributed by atoms with Crippen LogP contribution in [0, 0.1) is 10.1 Å². The van der Waals surface area contributed by atoms with E-state index >= 15 is 0 Å². The third-order valence-electron chi connectivity index (χ3n) is 5.97. The van der Waals surface area contributed by atoms with Gasteiger partial charge in [-0.25, -0.2) is 18.4 Å². The molecule has 2 aliphatic rings. The van der Waals surface area contributed by atoms with E-state index in [0.29, 0.717) is 30.9 Å². The lowest BCUT2D eigenvalue weighted by molar-refractivity contribution is -0.384. The molecule has 1 aliphatic carbocycles. The second-order valence-corrected chi connectivity index (χ2v) is 10.1. The number of rotatable bonds is 7. The summed E-state index contributed by atoms with van der Waals surface area (Å²) in [5.41, 5.74) is 4.90. The minimum absolute atomic E-state index is 0.0823. The Hall–Kier alpha value is -3.83. The zero-order chi connectivity index (χ0) is 24.4. The molecule has 5 rings (SSSR count). The lowest BCUT2D eigenvalue weighted by Gasteiger charge is -2.28. The molecule has 35 heavy (non-hydrogen) atoms. The van der Waals surface area contributed by atoms with Crippen molar-refractivity contribution in [1.29, 1.82) is 0 Å². The number of benzene rings is 2. The molecule has 0 saturated carbocycles. The normalized spacial score (nSPS) is 15.4. The molecule has 1 aliphatic heterocycles. The van der Waals surface area contributed by atoms with E-state index in [0.717, 1.165) is 41.3 Å². The first-order valence-corrected chi connectivity index (χ1v) is 12.7. The van der Waals surface area contributed by atoms with Crippen molar-refractivity contribution in [1.82, 2.24) is 9.97 Å². The van der Waals surface area contributed by atoms with Crippen LogP contribution >= 0.6 is 0 Å². The van der Waals surface area contributed by atoms with E-state index in [9.17, 15) is 18.5 Å². The van der Waals surface area contributed by atoms with Crippen LogP contribution in [0.2, 0.25) is 0 Å². The summed E-state index contributed by atoms with van der Waals surface area (Å²) in [7, 11) is -3.68. The van der Waals surface area contributed by atoms with Crippen molar-refractivity contribution >= 4 is 38.9 Å². The molecule has 1 saturated heterocycles. The van der Waals surface area contributed by atoms with Crippen LogP contribution in [0.15, 0.2) is 54.9 Å². The third kappa shape index (κ3) is 5.15. The van der Waals surface area contributed by atoms with Crippen molar-refractivity contribution in [3.8, 4) is 0 Å². The van der Waals surface area contributed by atoms with Crippen LogP contribution in [-0.4, -0.2) is 49.6 Å². The minimum Gasteiger partial charge on any atom is -0.378 e. The Labute approximate surface area is 202 Å². The van der Waals surface area contributed by atoms with Crippen molar-refractivity contribution < 1.29 is 18.1 Å².